The summed E-state index contributed by atoms with van der Waals surface area (Å²) in [4.78, 5) is 23.1. The molecule has 1 aromatic carbocycles. The molecule has 0 radical (unpaired) electrons. The number of amides is 1. The first kappa shape index (κ1) is 19.8. The molecule has 1 amide bonds. The maximum atomic E-state index is 13.0. The number of nitrogen functional groups attached to an aromatic ring is 1. The topological polar surface area (TPSA) is 81.3 Å². The summed E-state index contributed by atoms with van der Waals surface area (Å²) >= 11 is 0. The third-order valence-corrected chi connectivity index (χ3v) is 5.27. The van der Waals surface area contributed by atoms with Crippen LogP contribution in [0.2, 0.25) is 0 Å². The molecule has 0 saturated carbocycles. The Bertz CT molecular complexity index is 991. The molecular formula is C23H23FN4O2. The number of rotatable bonds is 5. The van der Waals surface area contributed by atoms with Gasteiger partial charge in [-0.05, 0) is 55.3 Å². The minimum Gasteiger partial charge on any atom is -0.484 e. The first-order valence-corrected chi connectivity index (χ1v) is 9.92. The van der Waals surface area contributed by atoms with E-state index in [1.54, 1.807) is 12.3 Å². The van der Waals surface area contributed by atoms with Crippen LogP contribution in [0.15, 0.2) is 60.9 Å². The van der Waals surface area contributed by atoms with Gasteiger partial charge in [0.1, 0.15) is 17.4 Å². The summed E-state index contributed by atoms with van der Waals surface area (Å²) in [6, 6.07) is 13.4. The molecular weight excluding hydrogens is 383 g/mol. The molecule has 3 heterocycles. The van der Waals surface area contributed by atoms with Crippen molar-refractivity contribution in [3.05, 3.63) is 72.4 Å². The number of aromatic nitrogens is 2. The van der Waals surface area contributed by atoms with Crippen LogP contribution in [0.3, 0.4) is 0 Å². The van der Waals surface area contributed by atoms with Crippen LogP contribution in [0, 0.1) is 5.82 Å². The Labute approximate surface area is 174 Å². The number of carbonyl (C=O) groups is 1. The number of ether oxygens (including phenoxy) is 1. The van der Waals surface area contributed by atoms with Crippen LogP contribution in [0.25, 0.3) is 11.1 Å². The Morgan fingerprint density at radius 3 is 2.47 bits per heavy atom. The maximum absolute atomic E-state index is 13.0. The van der Waals surface area contributed by atoms with Gasteiger partial charge in [0.15, 0.2) is 6.61 Å². The lowest BCUT2D eigenvalue weighted by Crippen LogP contribution is -2.41. The molecule has 1 aliphatic heterocycles. The zero-order valence-corrected chi connectivity index (χ0v) is 16.5. The summed E-state index contributed by atoms with van der Waals surface area (Å²) in [6.07, 6.45) is 5.46. The highest BCUT2D eigenvalue weighted by atomic mass is 19.1. The molecule has 0 aliphatic carbocycles. The first-order valence-electron chi connectivity index (χ1n) is 9.92. The van der Waals surface area contributed by atoms with Crippen molar-refractivity contribution in [1.82, 2.24) is 14.9 Å². The quantitative estimate of drug-likeness (QED) is 0.700. The normalized spacial score (nSPS) is 16.3. The van der Waals surface area contributed by atoms with E-state index in [0.717, 1.165) is 29.7 Å². The minimum atomic E-state index is -0.335. The number of nitrogens with zero attached hydrogens (tertiary/aromatic N) is 3. The van der Waals surface area contributed by atoms with Crippen molar-refractivity contribution >= 4 is 11.7 Å². The van der Waals surface area contributed by atoms with Crippen LogP contribution < -0.4 is 10.5 Å². The van der Waals surface area contributed by atoms with Crippen LogP contribution in [0.4, 0.5) is 10.2 Å². The fourth-order valence-corrected chi connectivity index (χ4v) is 3.61. The van der Waals surface area contributed by atoms with Gasteiger partial charge in [0, 0.05) is 48.2 Å². The summed E-state index contributed by atoms with van der Waals surface area (Å²) in [6.45, 7) is 1.26. The number of carbonyl (C=O) groups excluding carboxylic acids is 1. The molecule has 2 aromatic heterocycles. The molecule has 1 saturated heterocycles. The second kappa shape index (κ2) is 8.90. The van der Waals surface area contributed by atoms with Gasteiger partial charge < -0.3 is 15.4 Å². The van der Waals surface area contributed by atoms with Gasteiger partial charge in [0.25, 0.3) is 5.91 Å². The summed E-state index contributed by atoms with van der Waals surface area (Å²) in [5, 5.41) is 0. The number of pyridine rings is 2. The van der Waals surface area contributed by atoms with E-state index in [9.17, 15) is 9.18 Å². The van der Waals surface area contributed by atoms with Crippen molar-refractivity contribution in [3.8, 4) is 16.9 Å². The standard InChI is InChI=1S/C23H23FN4O2/c24-19-5-7-20(8-6-19)30-15-23(29)28-11-1-2-18(14-28)21-9-3-16(12-26-21)17-4-10-22(25)27-13-17/h3-10,12-13,18H,1-2,11,14-15H2,(H2,25,27)/t18-/m1/s1. The molecule has 3 aromatic rings. The van der Waals surface area contributed by atoms with Crippen LogP contribution in [-0.2, 0) is 4.79 Å². The largest absolute Gasteiger partial charge is 0.484 e. The van der Waals surface area contributed by atoms with E-state index in [1.807, 2.05) is 29.3 Å². The van der Waals surface area contributed by atoms with E-state index in [1.165, 1.54) is 24.3 Å². The third-order valence-electron chi connectivity index (χ3n) is 5.27. The lowest BCUT2D eigenvalue weighted by molar-refractivity contribution is -0.134. The number of nitrogens with two attached hydrogens (primary N) is 1. The van der Waals surface area contributed by atoms with Crippen molar-refractivity contribution in [2.45, 2.75) is 18.8 Å². The van der Waals surface area contributed by atoms with E-state index in [0.29, 0.717) is 24.7 Å². The van der Waals surface area contributed by atoms with Gasteiger partial charge in [-0.3, -0.25) is 9.78 Å². The van der Waals surface area contributed by atoms with Gasteiger partial charge in [-0.15, -0.1) is 0 Å². The van der Waals surface area contributed by atoms with Crippen LogP contribution >= 0.6 is 0 Å². The lowest BCUT2D eigenvalue weighted by atomic mass is 9.93. The predicted molar refractivity (Wildman–Crippen MR) is 112 cm³/mol. The Morgan fingerprint density at radius 2 is 1.80 bits per heavy atom. The SMILES string of the molecule is Nc1ccc(-c2ccc([C@@H]3CCCN(C(=O)COc4ccc(F)cc4)C3)nc2)cn1. The summed E-state index contributed by atoms with van der Waals surface area (Å²) in [5.41, 5.74) is 8.55. The van der Waals surface area contributed by atoms with Crippen molar-refractivity contribution < 1.29 is 13.9 Å². The van der Waals surface area contributed by atoms with E-state index >= 15 is 0 Å². The van der Waals surface area contributed by atoms with Crippen LogP contribution in [0.5, 0.6) is 5.75 Å². The van der Waals surface area contributed by atoms with E-state index < -0.39 is 0 Å². The Hall–Kier alpha value is -3.48. The van der Waals surface area contributed by atoms with Crippen molar-refractivity contribution in [2.24, 2.45) is 0 Å². The summed E-state index contributed by atoms with van der Waals surface area (Å²) in [7, 11) is 0. The number of likely N-dealkylation sites (tertiary alicyclic amines) is 1. The number of benzene rings is 1. The number of hydrogen-bond donors (Lipinski definition) is 1. The van der Waals surface area contributed by atoms with Crippen molar-refractivity contribution in [3.63, 3.8) is 0 Å². The van der Waals surface area contributed by atoms with Crippen molar-refractivity contribution in [1.29, 1.82) is 0 Å². The van der Waals surface area contributed by atoms with E-state index in [-0.39, 0.29) is 24.2 Å². The molecule has 7 heteroatoms. The van der Waals surface area contributed by atoms with E-state index in [4.69, 9.17) is 10.5 Å². The third kappa shape index (κ3) is 4.74. The molecule has 0 bridgehead atoms. The highest BCUT2D eigenvalue weighted by Crippen LogP contribution is 2.27. The van der Waals surface area contributed by atoms with Gasteiger partial charge in [-0.1, -0.05) is 6.07 Å². The molecule has 0 unspecified atom stereocenters. The second-order valence-electron chi connectivity index (χ2n) is 7.36. The maximum Gasteiger partial charge on any atom is 0.260 e. The van der Waals surface area contributed by atoms with Gasteiger partial charge in [0.2, 0.25) is 0 Å². The highest BCUT2D eigenvalue weighted by molar-refractivity contribution is 5.78. The number of piperidine rings is 1. The average molecular weight is 406 g/mol. The van der Waals surface area contributed by atoms with Gasteiger partial charge in [0.05, 0.1) is 0 Å². The summed E-state index contributed by atoms with van der Waals surface area (Å²) in [5.74, 6) is 0.742. The molecule has 30 heavy (non-hydrogen) atoms. The minimum absolute atomic E-state index is 0.0607. The molecule has 6 nitrogen and oxygen atoms in total. The molecule has 4 rings (SSSR count). The molecule has 1 aliphatic rings. The Morgan fingerprint density at radius 1 is 1.07 bits per heavy atom. The molecule has 1 fully saturated rings. The zero-order valence-electron chi connectivity index (χ0n) is 16.5. The predicted octanol–water partition coefficient (Wildman–Crippen LogP) is 3.65. The number of hydrogen-bond acceptors (Lipinski definition) is 5. The van der Waals surface area contributed by atoms with Gasteiger partial charge in [-0.2, -0.15) is 0 Å². The molecule has 0 spiro atoms. The van der Waals surface area contributed by atoms with Gasteiger partial charge >= 0.3 is 0 Å². The fraction of sp³-hybridized carbons (Fsp3) is 0.261. The summed E-state index contributed by atoms with van der Waals surface area (Å²) < 4.78 is 18.5. The molecule has 1 atom stereocenters. The average Bonchev–Trinajstić information content (AvgIpc) is 2.79. The van der Waals surface area contributed by atoms with Crippen LogP contribution in [0.1, 0.15) is 24.5 Å². The van der Waals surface area contributed by atoms with Crippen molar-refractivity contribution in [2.75, 3.05) is 25.4 Å². The fourth-order valence-electron chi connectivity index (χ4n) is 3.61. The highest BCUT2D eigenvalue weighted by Gasteiger charge is 2.25. The lowest BCUT2D eigenvalue weighted by Gasteiger charge is -2.32. The number of anilines is 1. The monoisotopic (exact) mass is 406 g/mol. The van der Waals surface area contributed by atoms with Gasteiger partial charge in [-0.25, -0.2) is 9.37 Å². The number of halogens is 1. The first-order chi connectivity index (χ1) is 14.6. The Kier molecular flexibility index (Phi) is 5.88. The molecule has 154 valence electrons. The molecule has 2 N–H and O–H groups in total. The smallest absolute Gasteiger partial charge is 0.260 e. The van der Waals surface area contributed by atoms with Crippen LogP contribution in [-0.4, -0.2) is 40.5 Å². The second-order valence-corrected chi connectivity index (χ2v) is 7.36. The zero-order chi connectivity index (χ0) is 20.9. The Balaban J connectivity index is 1.36. The van der Waals surface area contributed by atoms with E-state index in [2.05, 4.69) is 9.97 Å².